The van der Waals surface area contributed by atoms with Gasteiger partial charge in [0.1, 0.15) is 11.2 Å². The van der Waals surface area contributed by atoms with E-state index >= 15 is 0 Å². The van der Waals surface area contributed by atoms with Crippen LogP contribution < -0.4 is 0 Å². The van der Waals surface area contributed by atoms with E-state index in [0.717, 1.165) is 31.8 Å². The summed E-state index contributed by atoms with van der Waals surface area (Å²) in [5.41, 5.74) is -0.812. The maximum atomic E-state index is 11.6. The van der Waals surface area contributed by atoms with Gasteiger partial charge in [-0.25, -0.2) is 9.59 Å². The summed E-state index contributed by atoms with van der Waals surface area (Å²) >= 11 is 0. The van der Waals surface area contributed by atoms with Crippen molar-refractivity contribution >= 4 is 12.2 Å². The Labute approximate surface area is 170 Å². The first kappa shape index (κ1) is 24.5. The van der Waals surface area contributed by atoms with Gasteiger partial charge in [0.05, 0.1) is 6.10 Å². The molecule has 28 heavy (non-hydrogen) atoms. The highest BCUT2D eigenvalue weighted by Crippen LogP contribution is 2.18. The largest absolute Gasteiger partial charge is 0.444 e. The lowest BCUT2D eigenvalue weighted by Crippen LogP contribution is -2.42. The molecule has 0 bridgehead atoms. The lowest BCUT2D eigenvalue weighted by molar-refractivity contribution is 0.00992. The number of amides is 2. The number of likely N-dealkylation sites (tertiary alicyclic amines) is 2. The smallest absolute Gasteiger partial charge is 0.410 e. The molecule has 0 spiro atoms. The van der Waals surface area contributed by atoms with Crippen LogP contribution in [0.3, 0.4) is 0 Å². The molecule has 0 aromatic heterocycles. The molecule has 0 saturated carbocycles. The van der Waals surface area contributed by atoms with Crippen LogP contribution in [-0.2, 0) is 9.47 Å². The summed E-state index contributed by atoms with van der Waals surface area (Å²) in [5, 5.41) is 9.26. The number of aliphatic hydroxyl groups excluding tert-OH is 1. The average Bonchev–Trinajstić information content (AvgIpc) is 2.53. The van der Waals surface area contributed by atoms with Crippen molar-refractivity contribution in [2.75, 3.05) is 26.2 Å². The lowest BCUT2D eigenvalue weighted by atomic mass is 10.00. The maximum Gasteiger partial charge on any atom is 0.410 e. The molecule has 1 N–H and O–H groups in total. The van der Waals surface area contributed by atoms with Crippen molar-refractivity contribution in [2.24, 2.45) is 5.92 Å². The molecule has 2 aliphatic rings. The van der Waals surface area contributed by atoms with Gasteiger partial charge in [0.2, 0.25) is 0 Å². The zero-order valence-electron chi connectivity index (χ0n) is 18.8. The van der Waals surface area contributed by atoms with E-state index in [-0.39, 0.29) is 23.9 Å². The second kappa shape index (κ2) is 10.3. The highest BCUT2D eigenvalue weighted by Gasteiger charge is 2.26. The predicted octanol–water partition coefficient (Wildman–Crippen LogP) is 4.03. The van der Waals surface area contributed by atoms with Crippen molar-refractivity contribution in [2.45, 2.75) is 91.5 Å². The third kappa shape index (κ3) is 10.2. The zero-order chi connectivity index (χ0) is 21.5. The normalized spacial score (nSPS) is 19.6. The second-order valence-electron chi connectivity index (χ2n) is 9.85. The number of hydrogen-bond acceptors (Lipinski definition) is 5. The predicted molar refractivity (Wildman–Crippen MR) is 109 cm³/mol. The highest BCUT2D eigenvalue weighted by molar-refractivity contribution is 5.68. The van der Waals surface area contributed by atoms with Crippen LogP contribution in [0.2, 0.25) is 0 Å². The molecule has 0 aromatic rings. The van der Waals surface area contributed by atoms with Gasteiger partial charge in [-0.3, -0.25) is 0 Å². The van der Waals surface area contributed by atoms with Crippen molar-refractivity contribution in [1.29, 1.82) is 0 Å². The second-order valence-corrected chi connectivity index (χ2v) is 9.85. The van der Waals surface area contributed by atoms with E-state index < -0.39 is 5.60 Å². The minimum Gasteiger partial charge on any atom is -0.444 e. The van der Waals surface area contributed by atoms with E-state index in [2.05, 4.69) is 6.92 Å². The Kier molecular flexibility index (Phi) is 9.05. The van der Waals surface area contributed by atoms with Gasteiger partial charge in [0.15, 0.2) is 0 Å². The summed E-state index contributed by atoms with van der Waals surface area (Å²) in [6.07, 6.45) is 2.80. The number of carbonyl (C=O) groups excluding carboxylic acids is 2. The summed E-state index contributed by atoms with van der Waals surface area (Å²) in [5.74, 6) is 0.744. The topological polar surface area (TPSA) is 79.3 Å². The Morgan fingerprint density at radius 3 is 1.39 bits per heavy atom. The Balaban J connectivity index is 0.000000280. The zero-order valence-corrected chi connectivity index (χ0v) is 18.8. The molecule has 0 atom stereocenters. The monoisotopic (exact) mass is 400 g/mol. The first-order valence-electron chi connectivity index (χ1n) is 10.4. The van der Waals surface area contributed by atoms with Gasteiger partial charge in [-0.05, 0) is 73.1 Å². The molecule has 0 radical (unpaired) electrons. The molecule has 2 heterocycles. The van der Waals surface area contributed by atoms with Gasteiger partial charge >= 0.3 is 12.2 Å². The number of ether oxygens (including phenoxy) is 2. The van der Waals surface area contributed by atoms with Crippen LogP contribution in [0, 0.1) is 5.92 Å². The molecule has 2 rings (SSSR count). The summed E-state index contributed by atoms with van der Waals surface area (Å²) in [4.78, 5) is 26.6. The fraction of sp³-hybridized carbons (Fsp3) is 0.905. The number of piperidine rings is 2. The highest BCUT2D eigenvalue weighted by atomic mass is 16.6. The number of aliphatic hydroxyl groups is 1. The molecule has 0 aromatic carbocycles. The van der Waals surface area contributed by atoms with E-state index in [1.165, 1.54) is 0 Å². The summed E-state index contributed by atoms with van der Waals surface area (Å²) in [7, 11) is 0. The number of hydrogen-bond donors (Lipinski definition) is 1. The Morgan fingerprint density at radius 1 is 0.750 bits per heavy atom. The first-order chi connectivity index (χ1) is 12.8. The van der Waals surface area contributed by atoms with Gasteiger partial charge in [0.25, 0.3) is 0 Å². The van der Waals surface area contributed by atoms with Crippen LogP contribution in [0.1, 0.15) is 74.1 Å². The summed E-state index contributed by atoms with van der Waals surface area (Å²) < 4.78 is 10.5. The first-order valence-corrected chi connectivity index (χ1v) is 10.4. The van der Waals surface area contributed by atoms with E-state index in [0.29, 0.717) is 25.9 Å². The van der Waals surface area contributed by atoms with Gasteiger partial charge in [-0.1, -0.05) is 6.92 Å². The van der Waals surface area contributed by atoms with Crippen molar-refractivity contribution < 1.29 is 24.2 Å². The van der Waals surface area contributed by atoms with Gasteiger partial charge in [-0.15, -0.1) is 0 Å². The molecular weight excluding hydrogens is 360 g/mol. The third-order valence-corrected chi connectivity index (χ3v) is 4.55. The van der Waals surface area contributed by atoms with Gasteiger partial charge in [-0.2, -0.15) is 0 Å². The minimum absolute atomic E-state index is 0.163. The Bertz CT molecular complexity index is 448. The minimum atomic E-state index is -0.437. The molecule has 164 valence electrons. The standard InChI is InChI=1S/C11H21NO2.C10H19NO3/c1-9-5-7-12(8-6-9)10(13)14-11(2,3)4;1-10(2,3)14-9(13)11-6-4-8(12)5-7-11/h9H,5-8H2,1-4H3;8,12H,4-7H2,1-3H3. The summed E-state index contributed by atoms with van der Waals surface area (Å²) in [6.45, 7) is 16.4. The van der Waals surface area contributed by atoms with Gasteiger partial charge < -0.3 is 24.4 Å². The van der Waals surface area contributed by atoms with Crippen LogP contribution in [0.25, 0.3) is 0 Å². The third-order valence-electron chi connectivity index (χ3n) is 4.55. The quantitative estimate of drug-likeness (QED) is 0.664. The summed E-state index contributed by atoms with van der Waals surface area (Å²) in [6, 6.07) is 0. The fourth-order valence-corrected chi connectivity index (χ4v) is 2.89. The molecule has 0 unspecified atom stereocenters. The van der Waals surface area contributed by atoms with E-state index in [1.807, 2.05) is 46.4 Å². The number of rotatable bonds is 0. The van der Waals surface area contributed by atoms with Crippen LogP contribution in [0.4, 0.5) is 9.59 Å². The molecule has 2 amide bonds. The molecule has 7 heteroatoms. The van der Waals surface area contributed by atoms with Crippen molar-refractivity contribution in [3.05, 3.63) is 0 Å². The van der Waals surface area contributed by atoms with Crippen LogP contribution in [0.15, 0.2) is 0 Å². The van der Waals surface area contributed by atoms with Crippen molar-refractivity contribution in [3.63, 3.8) is 0 Å². The van der Waals surface area contributed by atoms with Crippen molar-refractivity contribution in [1.82, 2.24) is 9.80 Å². The average molecular weight is 401 g/mol. The van der Waals surface area contributed by atoms with E-state index in [9.17, 15) is 14.7 Å². The lowest BCUT2D eigenvalue weighted by Gasteiger charge is -2.32. The number of nitrogens with zero attached hydrogens (tertiary/aromatic N) is 2. The molecule has 7 nitrogen and oxygen atoms in total. The fourth-order valence-electron chi connectivity index (χ4n) is 2.89. The molecule has 2 saturated heterocycles. The Morgan fingerprint density at radius 2 is 1.07 bits per heavy atom. The SMILES string of the molecule is CC(C)(C)OC(=O)N1CCC(O)CC1.CC1CCN(C(=O)OC(C)(C)C)CC1. The molecule has 0 aliphatic carbocycles. The van der Waals surface area contributed by atoms with Crippen molar-refractivity contribution in [3.8, 4) is 0 Å². The molecular formula is C21H40N2O5. The Hall–Kier alpha value is -1.50. The van der Waals surface area contributed by atoms with Crippen LogP contribution in [0.5, 0.6) is 0 Å². The van der Waals surface area contributed by atoms with E-state index in [1.54, 1.807) is 4.90 Å². The van der Waals surface area contributed by atoms with Crippen LogP contribution >= 0.6 is 0 Å². The van der Waals surface area contributed by atoms with Gasteiger partial charge in [0, 0.05) is 26.2 Å². The maximum absolute atomic E-state index is 11.6. The number of carbonyl (C=O) groups is 2. The van der Waals surface area contributed by atoms with E-state index in [4.69, 9.17) is 9.47 Å². The molecule has 2 aliphatic heterocycles. The van der Waals surface area contributed by atoms with Crippen LogP contribution in [-0.4, -0.2) is 70.6 Å². The molecule has 2 fully saturated rings.